The number of allylic oxidation sites excluding steroid dienone is 1. The highest BCUT2D eigenvalue weighted by atomic mass is 16.2. The molecule has 1 heterocycles. The average molecular weight is 229 g/mol. The number of benzene rings is 1. The standard InChI is InChI=1S/C13H15N3O/c1-13(2)8-9-16(12(14)17)15-11(13)10-6-4-3-5-7-10/h3-9H,1-2H3,(H2,14,17). The molecule has 1 aliphatic rings. The lowest BCUT2D eigenvalue weighted by Gasteiger charge is -2.29. The first kappa shape index (κ1) is 11.4. The highest BCUT2D eigenvalue weighted by Crippen LogP contribution is 2.28. The normalized spacial score (nSPS) is 17.8. The van der Waals surface area contributed by atoms with Gasteiger partial charge in [-0.1, -0.05) is 50.3 Å². The van der Waals surface area contributed by atoms with Crippen LogP contribution in [0.25, 0.3) is 0 Å². The van der Waals surface area contributed by atoms with Crippen molar-refractivity contribution < 1.29 is 4.79 Å². The molecule has 0 aliphatic carbocycles. The third kappa shape index (κ3) is 2.20. The molecule has 2 N–H and O–H groups in total. The summed E-state index contributed by atoms with van der Waals surface area (Å²) in [7, 11) is 0. The Bertz CT molecular complexity index is 489. The first-order chi connectivity index (χ1) is 8.00. The second-order valence-electron chi connectivity index (χ2n) is 4.53. The van der Waals surface area contributed by atoms with Crippen molar-refractivity contribution in [2.45, 2.75) is 13.8 Å². The Balaban J connectivity index is 2.45. The van der Waals surface area contributed by atoms with Gasteiger partial charge in [0.15, 0.2) is 0 Å². The van der Waals surface area contributed by atoms with E-state index >= 15 is 0 Å². The van der Waals surface area contributed by atoms with Crippen LogP contribution in [0.5, 0.6) is 0 Å². The topological polar surface area (TPSA) is 58.7 Å². The summed E-state index contributed by atoms with van der Waals surface area (Å²) in [5.41, 5.74) is 6.84. The van der Waals surface area contributed by atoms with E-state index in [1.54, 1.807) is 6.20 Å². The van der Waals surface area contributed by atoms with Crippen LogP contribution in [0.3, 0.4) is 0 Å². The van der Waals surface area contributed by atoms with Crippen LogP contribution in [-0.2, 0) is 0 Å². The fourth-order valence-electron chi connectivity index (χ4n) is 1.75. The van der Waals surface area contributed by atoms with Gasteiger partial charge < -0.3 is 5.73 Å². The largest absolute Gasteiger partial charge is 0.350 e. The highest BCUT2D eigenvalue weighted by Gasteiger charge is 2.28. The minimum absolute atomic E-state index is 0.215. The van der Waals surface area contributed by atoms with Gasteiger partial charge in [-0.15, -0.1) is 0 Å². The van der Waals surface area contributed by atoms with Gasteiger partial charge in [-0.2, -0.15) is 10.1 Å². The second kappa shape index (κ2) is 4.05. The van der Waals surface area contributed by atoms with E-state index in [0.29, 0.717) is 0 Å². The Morgan fingerprint density at radius 1 is 1.29 bits per heavy atom. The fourth-order valence-corrected chi connectivity index (χ4v) is 1.75. The smallest absolute Gasteiger partial charge is 0.339 e. The molecule has 88 valence electrons. The molecule has 4 nitrogen and oxygen atoms in total. The van der Waals surface area contributed by atoms with Crippen molar-refractivity contribution in [2.75, 3.05) is 0 Å². The Morgan fingerprint density at radius 3 is 2.53 bits per heavy atom. The minimum Gasteiger partial charge on any atom is -0.350 e. The van der Waals surface area contributed by atoms with E-state index in [1.165, 1.54) is 0 Å². The lowest BCUT2D eigenvalue weighted by Crippen LogP contribution is -2.35. The number of rotatable bonds is 1. The van der Waals surface area contributed by atoms with Crippen molar-refractivity contribution >= 4 is 11.7 Å². The van der Waals surface area contributed by atoms with E-state index in [0.717, 1.165) is 16.3 Å². The number of nitrogens with zero attached hydrogens (tertiary/aromatic N) is 2. The zero-order chi connectivity index (χ0) is 12.5. The number of hydrogen-bond acceptors (Lipinski definition) is 2. The molecule has 1 aromatic carbocycles. The van der Waals surface area contributed by atoms with Crippen molar-refractivity contribution in [1.29, 1.82) is 0 Å². The number of carbonyl (C=O) groups is 1. The van der Waals surface area contributed by atoms with E-state index in [9.17, 15) is 4.79 Å². The number of nitrogens with two attached hydrogens (primary N) is 1. The summed E-state index contributed by atoms with van der Waals surface area (Å²) in [4.78, 5) is 11.1. The first-order valence-corrected chi connectivity index (χ1v) is 5.43. The van der Waals surface area contributed by atoms with Gasteiger partial charge in [0.05, 0.1) is 5.71 Å². The van der Waals surface area contributed by atoms with Crippen molar-refractivity contribution in [3.63, 3.8) is 0 Å². The van der Waals surface area contributed by atoms with E-state index in [4.69, 9.17) is 5.73 Å². The van der Waals surface area contributed by atoms with Crippen LogP contribution >= 0.6 is 0 Å². The SMILES string of the molecule is CC1(C)C=CN(C(N)=O)N=C1c1ccccc1. The molecule has 17 heavy (non-hydrogen) atoms. The Labute approximate surface area is 100 Å². The highest BCUT2D eigenvalue weighted by molar-refractivity contribution is 6.06. The number of amides is 2. The molecule has 0 radical (unpaired) electrons. The van der Waals surface area contributed by atoms with Gasteiger partial charge in [0, 0.05) is 11.6 Å². The number of urea groups is 1. The molecule has 0 aromatic heterocycles. The number of carbonyl (C=O) groups excluding carboxylic acids is 1. The van der Waals surface area contributed by atoms with Crippen LogP contribution in [0.2, 0.25) is 0 Å². The van der Waals surface area contributed by atoms with Crippen LogP contribution in [0.1, 0.15) is 19.4 Å². The molecule has 0 saturated carbocycles. The Hall–Kier alpha value is -2.10. The van der Waals surface area contributed by atoms with E-state index in [-0.39, 0.29) is 5.41 Å². The quantitative estimate of drug-likeness (QED) is 0.789. The van der Waals surface area contributed by atoms with Crippen LogP contribution in [0.15, 0.2) is 47.7 Å². The number of hydrazone groups is 1. The fraction of sp³-hybridized carbons (Fsp3) is 0.231. The third-order valence-electron chi connectivity index (χ3n) is 2.72. The Kier molecular flexibility index (Phi) is 2.71. The van der Waals surface area contributed by atoms with Gasteiger partial charge in [0.2, 0.25) is 0 Å². The summed E-state index contributed by atoms with van der Waals surface area (Å²) in [6.07, 6.45) is 3.53. The van der Waals surface area contributed by atoms with Crippen LogP contribution in [0.4, 0.5) is 4.79 Å². The second-order valence-corrected chi connectivity index (χ2v) is 4.53. The van der Waals surface area contributed by atoms with Crippen molar-refractivity contribution in [3.05, 3.63) is 48.2 Å². The number of primary amides is 1. The zero-order valence-corrected chi connectivity index (χ0v) is 9.92. The van der Waals surface area contributed by atoms with Gasteiger partial charge in [-0.25, -0.2) is 4.79 Å². The molecule has 1 aromatic rings. The predicted molar refractivity (Wildman–Crippen MR) is 67.3 cm³/mol. The molecule has 0 saturated heterocycles. The molecule has 2 rings (SSSR count). The lowest BCUT2D eigenvalue weighted by molar-refractivity contribution is 0.224. The maximum atomic E-state index is 11.1. The van der Waals surface area contributed by atoms with E-state index in [1.807, 2.05) is 50.3 Å². The van der Waals surface area contributed by atoms with Gasteiger partial charge in [-0.3, -0.25) is 0 Å². The third-order valence-corrected chi connectivity index (χ3v) is 2.72. The number of hydrogen-bond donors (Lipinski definition) is 1. The maximum absolute atomic E-state index is 11.1. The molecular formula is C13H15N3O. The molecule has 0 spiro atoms. The van der Waals surface area contributed by atoms with E-state index in [2.05, 4.69) is 5.10 Å². The zero-order valence-electron chi connectivity index (χ0n) is 9.92. The summed E-state index contributed by atoms with van der Waals surface area (Å²) in [5.74, 6) is 0. The molecule has 0 fully saturated rings. The van der Waals surface area contributed by atoms with Gasteiger partial charge in [0.25, 0.3) is 0 Å². The molecular weight excluding hydrogens is 214 g/mol. The van der Waals surface area contributed by atoms with Gasteiger partial charge in [0.1, 0.15) is 0 Å². The Morgan fingerprint density at radius 2 is 1.94 bits per heavy atom. The summed E-state index contributed by atoms with van der Waals surface area (Å²) < 4.78 is 0. The van der Waals surface area contributed by atoms with E-state index < -0.39 is 6.03 Å². The summed E-state index contributed by atoms with van der Waals surface area (Å²) in [5, 5.41) is 5.45. The average Bonchev–Trinajstić information content (AvgIpc) is 2.29. The summed E-state index contributed by atoms with van der Waals surface area (Å²) in [6, 6.07) is 9.20. The van der Waals surface area contributed by atoms with Gasteiger partial charge in [-0.05, 0) is 5.56 Å². The molecule has 0 unspecified atom stereocenters. The minimum atomic E-state index is -0.579. The predicted octanol–water partition coefficient (Wildman–Crippen LogP) is 2.32. The van der Waals surface area contributed by atoms with Gasteiger partial charge >= 0.3 is 6.03 Å². The maximum Gasteiger partial charge on any atom is 0.339 e. The van der Waals surface area contributed by atoms with Crippen LogP contribution in [-0.4, -0.2) is 16.8 Å². The van der Waals surface area contributed by atoms with Crippen LogP contribution < -0.4 is 5.73 Å². The summed E-state index contributed by atoms with van der Waals surface area (Å²) in [6.45, 7) is 4.10. The molecule has 1 aliphatic heterocycles. The summed E-state index contributed by atoms with van der Waals surface area (Å²) >= 11 is 0. The van der Waals surface area contributed by atoms with Crippen molar-refractivity contribution in [1.82, 2.24) is 5.01 Å². The molecule has 4 heteroatoms. The molecule has 0 atom stereocenters. The van der Waals surface area contributed by atoms with Crippen molar-refractivity contribution in [2.24, 2.45) is 16.3 Å². The molecule has 2 amide bonds. The molecule has 0 bridgehead atoms. The lowest BCUT2D eigenvalue weighted by atomic mass is 9.83. The first-order valence-electron chi connectivity index (χ1n) is 5.43. The van der Waals surface area contributed by atoms with Crippen molar-refractivity contribution in [3.8, 4) is 0 Å². The monoisotopic (exact) mass is 229 g/mol. The van der Waals surface area contributed by atoms with Crippen LogP contribution in [0, 0.1) is 5.41 Å².